The molecule has 4 rings (SSSR count). The predicted molar refractivity (Wildman–Crippen MR) is 115 cm³/mol. The van der Waals surface area contributed by atoms with Gasteiger partial charge in [0.15, 0.2) is 0 Å². The zero-order chi connectivity index (χ0) is 23.0. The molecule has 1 atom stereocenters. The number of phenols is 1. The highest BCUT2D eigenvalue weighted by Crippen LogP contribution is 2.36. The van der Waals surface area contributed by atoms with Crippen molar-refractivity contribution in [3.63, 3.8) is 0 Å². The van der Waals surface area contributed by atoms with E-state index in [0.29, 0.717) is 25.0 Å². The second-order valence-corrected chi connectivity index (χ2v) is 8.76. The monoisotopic (exact) mass is 574 g/mol. The molecule has 0 spiro atoms. The smallest absolute Gasteiger partial charge is 0.460 e. The molecular weight excluding hydrogens is 561 g/mol. The first-order chi connectivity index (χ1) is 15.1. The van der Waals surface area contributed by atoms with E-state index in [9.17, 15) is 23.1 Å². The highest BCUT2D eigenvalue weighted by atomic mass is 79.9. The molecule has 1 unspecified atom stereocenters. The number of phenolic OH excluding ortho intramolecular Hbond substituents is 1. The maximum atomic E-state index is 13.3. The minimum atomic E-state index is -4.50. The van der Waals surface area contributed by atoms with Gasteiger partial charge in [-0.2, -0.15) is 18.2 Å². The van der Waals surface area contributed by atoms with Gasteiger partial charge in [-0.1, -0.05) is 35.5 Å². The number of aromatic nitrogens is 2. The first kappa shape index (κ1) is 22.7. The Kier molecular flexibility index (Phi) is 6.28. The number of aromatic hydroxyl groups is 1. The first-order valence-electron chi connectivity index (χ1n) is 9.35. The van der Waals surface area contributed by atoms with Crippen LogP contribution in [0.25, 0.3) is 11.4 Å². The van der Waals surface area contributed by atoms with Crippen molar-refractivity contribution in [1.82, 2.24) is 19.9 Å². The molecule has 168 valence electrons. The van der Waals surface area contributed by atoms with Crippen molar-refractivity contribution in [3.8, 4) is 17.1 Å². The van der Waals surface area contributed by atoms with Crippen LogP contribution in [0.4, 0.5) is 13.2 Å². The van der Waals surface area contributed by atoms with Gasteiger partial charge in [0.25, 0.3) is 0 Å². The lowest BCUT2D eigenvalue weighted by molar-refractivity contribution is -0.255. The molecule has 3 aromatic rings. The van der Waals surface area contributed by atoms with Crippen molar-refractivity contribution in [2.75, 3.05) is 19.6 Å². The number of rotatable bonds is 3. The van der Waals surface area contributed by atoms with Crippen LogP contribution in [0.3, 0.4) is 0 Å². The van der Waals surface area contributed by atoms with Crippen LogP contribution in [0.2, 0.25) is 0 Å². The molecule has 2 aromatic carbocycles. The third-order valence-corrected chi connectivity index (χ3v) is 6.28. The van der Waals surface area contributed by atoms with Crippen molar-refractivity contribution >= 4 is 37.8 Å². The van der Waals surface area contributed by atoms with Gasteiger partial charge in [0.2, 0.25) is 5.82 Å². The average Bonchev–Trinajstić information content (AvgIpc) is 3.26. The summed E-state index contributed by atoms with van der Waals surface area (Å²) in [4.78, 5) is 19.0. The zero-order valence-corrected chi connectivity index (χ0v) is 19.4. The summed E-state index contributed by atoms with van der Waals surface area (Å²) >= 11 is 6.42. The molecule has 1 fully saturated rings. The third-order valence-electron chi connectivity index (χ3n) is 5.07. The molecule has 1 amide bonds. The standard InChI is InChI=1S/C20H15Br2F3N4O3/c21-13-8-12(9-14(22)16(13)30)17-26-18(32-27-17)19(31)29-7-6-28(20(23,24)25)10-15(29)11-4-2-1-3-5-11/h1-5,8-9,15,30H,6-7,10H2. The summed E-state index contributed by atoms with van der Waals surface area (Å²) in [6.45, 7) is -0.929. The number of carbonyl (C=O) groups excluding carboxylic acids is 1. The maximum absolute atomic E-state index is 13.3. The van der Waals surface area contributed by atoms with Gasteiger partial charge in [0.05, 0.1) is 15.0 Å². The second kappa shape index (κ2) is 8.83. The first-order valence-corrected chi connectivity index (χ1v) is 10.9. The summed E-state index contributed by atoms with van der Waals surface area (Å²) in [5.41, 5.74) is 1.03. The van der Waals surface area contributed by atoms with Crippen LogP contribution in [-0.4, -0.2) is 56.9 Å². The molecule has 0 radical (unpaired) electrons. The van der Waals surface area contributed by atoms with Crippen LogP contribution in [0.5, 0.6) is 5.75 Å². The van der Waals surface area contributed by atoms with Crippen LogP contribution in [-0.2, 0) is 0 Å². The lowest BCUT2D eigenvalue weighted by Crippen LogP contribution is -2.54. The van der Waals surface area contributed by atoms with Crippen molar-refractivity contribution in [2.24, 2.45) is 0 Å². The normalized spacial score (nSPS) is 17.5. The van der Waals surface area contributed by atoms with Crippen LogP contribution in [0, 0.1) is 0 Å². The minimum absolute atomic E-state index is 0.0122. The number of hydrogen-bond donors (Lipinski definition) is 1. The highest BCUT2D eigenvalue weighted by molar-refractivity contribution is 9.11. The molecule has 0 bridgehead atoms. The predicted octanol–water partition coefficient (Wildman–Crippen LogP) is 4.99. The van der Waals surface area contributed by atoms with Crippen LogP contribution < -0.4 is 0 Å². The molecule has 1 N–H and O–H groups in total. The SMILES string of the molecule is O=C(c1nc(-c2cc(Br)c(O)c(Br)c2)no1)N1CCN(C(F)(F)F)CC1c1ccccc1. The van der Waals surface area contributed by atoms with Crippen LogP contribution >= 0.6 is 31.9 Å². The lowest BCUT2D eigenvalue weighted by atomic mass is 10.0. The van der Waals surface area contributed by atoms with Crippen molar-refractivity contribution in [1.29, 1.82) is 0 Å². The number of amides is 1. The van der Waals surface area contributed by atoms with E-state index in [1.165, 1.54) is 4.90 Å². The quantitative estimate of drug-likeness (QED) is 0.443. The van der Waals surface area contributed by atoms with E-state index >= 15 is 0 Å². The fourth-order valence-corrected chi connectivity index (χ4v) is 4.65. The molecule has 1 aromatic heterocycles. The number of nitrogens with zero attached hydrogens (tertiary/aromatic N) is 4. The van der Waals surface area contributed by atoms with E-state index < -0.39 is 24.8 Å². The molecule has 1 aliphatic heterocycles. The Labute approximate surface area is 197 Å². The molecule has 0 saturated carbocycles. The Hall–Kier alpha value is -2.44. The van der Waals surface area contributed by atoms with E-state index in [-0.39, 0.29) is 30.6 Å². The Bertz CT molecular complexity index is 1120. The van der Waals surface area contributed by atoms with Gasteiger partial charge >= 0.3 is 18.1 Å². The number of hydrogen-bond acceptors (Lipinski definition) is 6. The summed E-state index contributed by atoms with van der Waals surface area (Å²) < 4.78 is 45.9. The summed E-state index contributed by atoms with van der Waals surface area (Å²) in [6.07, 6.45) is -4.50. The Balaban J connectivity index is 1.63. The molecular formula is C20H15Br2F3N4O3. The number of alkyl halides is 3. The summed E-state index contributed by atoms with van der Waals surface area (Å²) in [7, 11) is 0. The average molecular weight is 576 g/mol. The van der Waals surface area contributed by atoms with E-state index in [1.807, 2.05) is 0 Å². The summed E-state index contributed by atoms with van der Waals surface area (Å²) in [5.74, 6) is -0.903. The van der Waals surface area contributed by atoms with Gasteiger partial charge < -0.3 is 14.5 Å². The fourth-order valence-electron chi connectivity index (χ4n) is 3.46. The molecule has 1 aliphatic rings. The number of benzene rings is 2. The fraction of sp³-hybridized carbons (Fsp3) is 0.250. The summed E-state index contributed by atoms with van der Waals surface area (Å²) in [5, 5.41) is 13.7. The molecule has 0 aliphatic carbocycles. The van der Waals surface area contributed by atoms with Gasteiger partial charge in [-0.3, -0.25) is 4.79 Å². The van der Waals surface area contributed by atoms with Crippen molar-refractivity contribution in [2.45, 2.75) is 12.3 Å². The van der Waals surface area contributed by atoms with Gasteiger partial charge in [0.1, 0.15) is 5.75 Å². The van der Waals surface area contributed by atoms with Gasteiger partial charge in [0, 0.05) is 25.2 Å². The van der Waals surface area contributed by atoms with E-state index in [0.717, 1.165) is 0 Å². The zero-order valence-electron chi connectivity index (χ0n) is 16.2. The minimum Gasteiger partial charge on any atom is -0.506 e. The van der Waals surface area contributed by atoms with Crippen molar-refractivity contribution in [3.05, 3.63) is 62.9 Å². The molecule has 12 heteroatoms. The Morgan fingerprint density at radius 1 is 1.12 bits per heavy atom. The molecule has 7 nitrogen and oxygen atoms in total. The highest BCUT2D eigenvalue weighted by Gasteiger charge is 2.44. The number of piperazine rings is 1. The Morgan fingerprint density at radius 3 is 2.41 bits per heavy atom. The van der Waals surface area contributed by atoms with E-state index in [2.05, 4.69) is 42.0 Å². The van der Waals surface area contributed by atoms with Gasteiger partial charge in [-0.15, -0.1) is 0 Å². The van der Waals surface area contributed by atoms with Gasteiger partial charge in [-0.25, -0.2) is 4.90 Å². The maximum Gasteiger partial charge on any atom is 0.460 e. The van der Waals surface area contributed by atoms with E-state index in [1.54, 1.807) is 42.5 Å². The summed E-state index contributed by atoms with van der Waals surface area (Å²) in [6, 6.07) is 10.8. The lowest BCUT2D eigenvalue weighted by Gasteiger charge is -2.41. The van der Waals surface area contributed by atoms with Crippen LogP contribution in [0.15, 0.2) is 55.9 Å². The van der Waals surface area contributed by atoms with Gasteiger partial charge in [-0.05, 0) is 49.6 Å². The topological polar surface area (TPSA) is 82.7 Å². The third kappa shape index (κ3) is 4.52. The number of halogens is 5. The van der Waals surface area contributed by atoms with Crippen molar-refractivity contribution < 1.29 is 27.6 Å². The number of carbonyl (C=O) groups is 1. The molecule has 2 heterocycles. The Morgan fingerprint density at radius 2 is 1.78 bits per heavy atom. The molecule has 1 saturated heterocycles. The van der Waals surface area contributed by atoms with E-state index in [4.69, 9.17) is 4.52 Å². The second-order valence-electron chi connectivity index (χ2n) is 7.05. The van der Waals surface area contributed by atoms with Crippen LogP contribution in [0.1, 0.15) is 22.3 Å². The molecule has 32 heavy (non-hydrogen) atoms. The largest absolute Gasteiger partial charge is 0.506 e.